The molecule has 1 heterocycles. The second-order valence-electron chi connectivity index (χ2n) is 3.24. The molecule has 1 aromatic heterocycles. The van der Waals surface area contributed by atoms with Crippen LogP contribution in [0.25, 0.3) is 6.08 Å². The Hall–Kier alpha value is -2.07. The normalized spacial score (nSPS) is 10.6. The summed E-state index contributed by atoms with van der Waals surface area (Å²) >= 11 is 1.44. The van der Waals surface area contributed by atoms with Crippen LogP contribution in [0.5, 0.6) is 11.5 Å². The first kappa shape index (κ1) is 11.4. The number of hydrogen-bond donors (Lipinski definition) is 1. The van der Waals surface area contributed by atoms with Crippen LogP contribution in [0.15, 0.2) is 47.9 Å². The number of benzene rings is 1. The van der Waals surface area contributed by atoms with Crippen molar-refractivity contribution in [3.63, 3.8) is 0 Å². The number of para-hydroxylation sites is 1. The van der Waals surface area contributed by atoms with E-state index in [2.05, 4.69) is 0 Å². The van der Waals surface area contributed by atoms with Gasteiger partial charge in [-0.05, 0) is 29.7 Å². The Morgan fingerprint density at radius 2 is 2.00 bits per heavy atom. The van der Waals surface area contributed by atoms with Crippen LogP contribution in [0, 0.1) is 0 Å². The molecule has 4 heteroatoms. The summed E-state index contributed by atoms with van der Waals surface area (Å²) in [4.78, 5) is 11.2. The molecular formula is C13H10O3S. The highest BCUT2D eigenvalue weighted by Gasteiger charge is 2.04. The molecule has 0 spiro atoms. The molecule has 0 aliphatic heterocycles. The fraction of sp³-hybridized carbons (Fsp3) is 0. The maximum absolute atomic E-state index is 10.4. The van der Waals surface area contributed by atoms with E-state index in [1.54, 1.807) is 0 Å². The smallest absolute Gasteiger partial charge is 0.328 e. The summed E-state index contributed by atoms with van der Waals surface area (Å²) in [5, 5.41) is 10.4. The average Bonchev–Trinajstić information content (AvgIpc) is 2.75. The molecule has 0 radical (unpaired) electrons. The topological polar surface area (TPSA) is 46.5 Å². The van der Waals surface area contributed by atoms with Crippen LogP contribution in [0.1, 0.15) is 4.88 Å². The van der Waals surface area contributed by atoms with Crippen LogP contribution in [0.4, 0.5) is 0 Å². The van der Waals surface area contributed by atoms with Gasteiger partial charge in [-0.3, -0.25) is 0 Å². The molecule has 0 saturated carbocycles. The van der Waals surface area contributed by atoms with Crippen molar-refractivity contribution in [3.8, 4) is 11.5 Å². The largest absolute Gasteiger partial charge is 0.478 e. The molecule has 17 heavy (non-hydrogen) atoms. The van der Waals surface area contributed by atoms with Gasteiger partial charge in [0.2, 0.25) is 0 Å². The molecular weight excluding hydrogens is 236 g/mol. The lowest BCUT2D eigenvalue weighted by Gasteiger charge is -2.03. The van der Waals surface area contributed by atoms with E-state index in [1.807, 2.05) is 41.8 Å². The van der Waals surface area contributed by atoms with Gasteiger partial charge in [0.1, 0.15) is 11.5 Å². The minimum atomic E-state index is -0.968. The lowest BCUT2D eigenvalue weighted by molar-refractivity contribution is -0.131. The summed E-state index contributed by atoms with van der Waals surface area (Å²) in [6, 6.07) is 11.2. The number of aliphatic carboxylic acids is 1. The molecule has 0 aliphatic carbocycles. The quantitative estimate of drug-likeness (QED) is 0.838. The third kappa shape index (κ3) is 3.19. The highest BCUT2D eigenvalue weighted by atomic mass is 32.1. The van der Waals surface area contributed by atoms with E-state index in [4.69, 9.17) is 9.84 Å². The van der Waals surface area contributed by atoms with Crippen molar-refractivity contribution in [2.45, 2.75) is 0 Å². The van der Waals surface area contributed by atoms with Gasteiger partial charge in [-0.15, -0.1) is 11.3 Å². The molecule has 0 aliphatic rings. The second-order valence-corrected chi connectivity index (χ2v) is 4.18. The van der Waals surface area contributed by atoms with E-state index in [-0.39, 0.29) is 0 Å². The molecule has 2 aromatic rings. The molecule has 0 unspecified atom stereocenters. The predicted octanol–water partition coefficient (Wildman–Crippen LogP) is 3.64. The maximum Gasteiger partial charge on any atom is 0.328 e. The van der Waals surface area contributed by atoms with Gasteiger partial charge in [0.05, 0.1) is 4.88 Å². The van der Waals surface area contributed by atoms with Crippen molar-refractivity contribution in [3.05, 3.63) is 52.7 Å². The third-order valence-electron chi connectivity index (χ3n) is 2.01. The summed E-state index contributed by atoms with van der Waals surface area (Å²) in [5.74, 6) is 0.429. The lowest BCUT2D eigenvalue weighted by atomic mass is 10.3. The number of ether oxygens (including phenoxy) is 1. The summed E-state index contributed by atoms with van der Waals surface area (Å²) in [5.41, 5.74) is 0. The second kappa shape index (κ2) is 5.32. The molecule has 0 atom stereocenters. The van der Waals surface area contributed by atoms with Gasteiger partial charge in [-0.25, -0.2) is 4.79 Å². The van der Waals surface area contributed by atoms with Crippen molar-refractivity contribution in [2.24, 2.45) is 0 Å². The van der Waals surface area contributed by atoms with Crippen molar-refractivity contribution in [2.75, 3.05) is 0 Å². The number of carbonyl (C=O) groups is 1. The van der Waals surface area contributed by atoms with Crippen LogP contribution in [0.3, 0.4) is 0 Å². The minimum Gasteiger partial charge on any atom is -0.478 e. The molecule has 3 nitrogen and oxygen atoms in total. The highest BCUT2D eigenvalue weighted by Crippen LogP contribution is 2.30. The molecule has 0 fully saturated rings. The van der Waals surface area contributed by atoms with E-state index in [1.165, 1.54) is 17.4 Å². The Bertz CT molecular complexity index is 529. The van der Waals surface area contributed by atoms with Gasteiger partial charge >= 0.3 is 5.97 Å². The molecule has 0 amide bonds. The third-order valence-corrected chi connectivity index (χ3v) is 2.87. The Labute approximate surface area is 103 Å². The molecule has 1 N–H and O–H groups in total. The SMILES string of the molecule is O=C(O)C=Cc1sccc1Oc1ccccc1. The number of carboxylic acids is 1. The molecule has 0 bridgehead atoms. The summed E-state index contributed by atoms with van der Waals surface area (Å²) in [6.07, 6.45) is 2.63. The van der Waals surface area contributed by atoms with E-state index in [0.29, 0.717) is 5.75 Å². The molecule has 86 valence electrons. The first-order chi connectivity index (χ1) is 8.25. The van der Waals surface area contributed by atoms with Crippen molar-refractivity contribution in [1.82, 2.24) is 0 Å². The van der Waals surface area contributed by atoms with Gasteiger partial charge in [0.15, 0.2) is 0 Å². The van der Waals surface area contributed by atoms with E-state index >= 15 is 0 Å². The van der Waals surface area contributed by atoms with Crippen LogP contribution < -0.4 is 4.74 Å². The molecule has 0 saturated heterocycles. The average molecular weight is 246 g/mol. The Morgan fingerprint density at radius 1 is 1.24 bits per heavy atom. The standard InChI is InChI=1S/C13H10O3S/c14-13(15)7-6-12-11(8-9-17-12)16-10-4-2-1-3-5-10/h1-9H,(H,14,15). The van der Waals surface area contributed by atoms with Crippen molar-refractivity contribution in [1.29, 1.82) is 0 Å². The Morgan fingerprint density at radius 3 is 2.71 bits per heavy atom. The van der Waals surface area contributed by atoms with Crippen LogP contribution >= 0.6 is 11.3 Å². The van der Waals surface area contributed by atoms with E-state index in [9.17, 15) is 4.79 Å². The zero-order valence-corrected chi connectivity index (χ0v) is 9.68. The van der Waals surface area contributed by atoms with Crippen molar-refractivity contribution >= 4 is 23.4 Å². The number of carboxylic acid groups (broad SMARTS) is 1. The van der Waals surface area contributed by atoms with Gasteiger partial charge in [-0.2, -0.15) is 0 Å². The van der Waals surface area contributed by atoms with Crippen molar-refractivity contribution < 1.29 is 14.6 Å². The monoisotopic (exact) mass is 246 g/mol. The van der Waals surface area contributed by atoms with E-state index < -0.39 is 5.97 Å². The van der Waals surface area contributed by atoms with Crippen LogP contribution in [-0.4, -0.2) is 11.1 Å². The predicted molar refractivity (Wildman–Crippen MR) is 67.5 cm³/mol. The van der Waals surface area contributed by atoms with Crippen LogP contribution in [-0.2, 0) is 4.79 Å². The lowest BCUT2D eigenvalue weighted by Crippen LogP contribution is -1.86. The summed E-state index contributed by atoms with van der Waals surface area (Å²) in [6.45, 7) is 0. The zero-order valence-electron chi connectivity index (χ0n) is 8.87. The molecule has 2 rings (SSSR count). The summed E-state index contributed by atoms with van der Waals surface area (Å²) in [7, 11) is 0. The Kier molecular flexibility index (Phi) is 3.57. The van der Waals surface area contributed by atoms with Crippen LogP contribution in [0.2, 0.25) is 0 Å². The number of hydrogen-bond acceptors (Lipinski definition) is 3. The Balaban J connectivity index is 2.17. The van der Waals surface area contributed by atoms with Gasteiger partial charge in [0, 0.05) is 6.08 Å². The number of rotatable bonds is 4. The fourth-order valence-electron chi connectivity index (χ4n) is 1.28. The van der Waals surface area contributed by atoms with Gasteiger partial charge in [0.25, 0.3) is 0 Å². The fourth-order valence-corrected chi connectivity index (χ4v) is 1.99. The zero-order chi connectivity index (χ0) is 12.1. The summed E-state index contributed by atoms with van der Waals surface area (Å²) < 4.78 is 5.65. The molecule has 1 aromatic carbocycles. The number of thiophene rings is 1. The first-order valence-corrected chi connectivity index (χ1v) is 5.85. The van der Waals surface area contributed by atoms with Gasteiger partial charge < -0.3 is 9.84 Å². The minimum absolute atomic E-state index is 0.665. The highest BCUT2D eigenvalue weighted by molar-refractivity contribution is 7.11. The first-order valence-electron chi connectivity index (χ1n) is 4.97. The van der Waals surface area contributed by atoms with Gasteiger partial charge in [-0.1, -0.05) is 18.2 Å². The van der Waals surface area contributed by atoms with E-state index in [0.717, 1.165) is 16.7 Å². The maximum atomic E-state index is 10.4.